The van der Waals surface area contributed by atoms with Crippen LogP contribution in [0.2, 0.25) is 0 Å². The second-order valence-electron chi connectivity index (χ2n) is 5.25. The summed E-state index contributed by atoms with van der Waals surface area (Å²) in [5.41, 5.74) is -0.411. The zero-order valence-electron chi connectivity index (χ0n) is 13.9. The molecule has 20 heavy (non-hydrogen) atoms. The van der Waals surface area contributed by atoms with Crippen LogP contribution in [0.5, 0.6) is 0 Å². The average molecular weight is 285 g/mol. The van der Waals surface area contributed by atoms with Gasteiger partial charge in [0.2, 0.25) is 0 Å². The summed E-state index contributed by atoms with van der Waals surface area (Å²) in [6, 6.07) is 0.287. The van der Waals surface area contributed by atoms with Crippen molar-refractivity contribution in [2.75, 3.05) is 20.3 Å². The Kier molecular flexibility index (Phi) is 12.2. The maximum absolute atomic E-state index is 11.9. The van der Waals surface area contributed by atoms with Gasteiger partial charge in [0.25, 0.3) is 0 Å². The molecule has 0 aromatic heterocycles. The highest BCUT2D eigenvalue weighted by molar-refractivity contribution is 5.68. The summed E-state index contributed by atoms with van der Waals surface area (Å²) in [4.78, 5) is 13.7. The van der Waals surface area contributed by atoms with Crippen molar-refractivity contribution in [3.8, 4) is 12.8 Å². The van der Waals surface area contributed by atoms with Gasteiger partial charge in [0.05, 0.1) is 0 Å². The third kappa shape index (κ3) is 8.82. The first-order chi connectivity index (χ1) is 9.44. The number of ether oxygens (including phenoxy) is 2. The van der Waals surface area contributed by atoms with E-state index in [0.29, 0.717) is 6.61 Å². The van der Waals surface area contributed by atoms with Gasteiger partial charge in [-0.1, -0.05) is 13.8 Å². The van der Waals surface area contributed by atoms with E-state index in [9.17, 15) is 4.79 Å². The van der Waals surface area contributed by atoms with E-state index in [2.05, 4.69) is 12.8 Å². The Balaban J connectivity index is 0. The van der Waals surface area contributed by atoms with Crippen LogP contribution in [0.3, 0.4) is 0 Å². The number of amides is 1. The second kappa shape index (κ2) is 11.6. The minimum atomic E-state index is -0.411. The van der Waals surface area contributed by atoms with Crippen LogP contribution in [0, 0.1) is 12.8 Å². The molecule has 0 aromatic carbocycles. The molecule has 1 heterocycles. The number of carbonyl (C=O) groups excluding carboxylic acids is 1. The Hall–Kier alpha value is -1.21. The Labute approximate surface area is 124 Å². The molecule has 4 heteroatoms. The van der Waals surface area contributed by atoms with Gasteiger partial charge in [0.15, 0.2) is 0 Å². The van der Waals surface area contributed by atoms with Gasteiger partial charge < -0.3 is 14.4 Å². The van der Waals surface area contributed by atoms with E-state index in [-0.39, 0.29) is 12.1 Å². The molecule has 4 nitrogen and oxygen atoms in total. The molecule has 0 N–H and O–H groups in total. The Morgan fingerprint density at radius 1 is 1.30 bits per heavy atom. The van der Waals surface area contributed by atoms with Crippen LogP contribution >= 0.6 is 0 Å². The molecule has 1 saturated heterocycles. The molecule has 0 aliphatic carbocycles. The number of hydrogen-bond acceptors (Lipinski definition) is 3. The molecule has 1 aliphatic rings. The van der Waals surface area contributed by atoms with Crippen LogP contribution in [0.1, 0.15) is 53.9 Å². The van der Waals surface area contributed by atoms with Crippen LogP contribution in [0.4, 0.5) is 4.79 Å². The first-order valence-corrected chi connectivity index (χ1v) is 7.26. The lowest BCUT2D eigenvalue weighted by molar-refractivity contribution is 0.0201. The van der Waals surface area contributed by atoms with E-state index in [1.807, 2.05) is 39.5 Å². The van der Waals surface area contributed by atoms with Gasteiger partial charge in [0.1, 0.15) is 5.60 Å². The topological polar surface area (TPSA) is 38.8 Å². The summed E-state index contributed by atoms with van der Waals surface area (Å²) < 4.78 is 10.4. The van der Waals surface area contributed by atoms with Gasteiger partial charge in [-0.2, -0.15) is 0 Å². The minimum absolute atomic E-state index is 0.189. The molecular formula is C16H31NO3. The standard InChI is InChI=1S/C12H23NO3.C2H6.C2H2/c1-12(2,3)16-11(14)13-8-5-6-10(13)7-9-15-4;2*1-2/h10H,5-9H2,1-4H3;1-2H3;1-2H/t10-;;/m0../s1. The van der Waals surface area contributed by atoms with E-state index in [1.54, 1.807) is 7.11 Å². The molecule has 0 saturated carbocycles. The average Bonchev–Trinajstić information content (AvgIpc) is 2.87. The summed E-state index contributed by atoms with van der Waals surface area (Å²) in [7, 11) is 1.69. The lowest BCUT2D eigenvalue weighted by Gasteiger charge is -2.28. The van der Waals surface area contributed by atoms with Crippen molar-refractivity contribution in [2.24, 2.45) is 0 Å². The van der Waals surface area contributed by atoms with Gasteiger partial charge >= 0.3 is 6.09 Å². The molecule has 1 rings (SSSR count). The largest absolute Gasteiger partial charge is 0.444 e. The van der Waals surface area contributed by atoms with Gasteiger partial charge in [-0.05, 0) is 40.0 Å². The summed E-state index contributed by atoms with van der Waals surface area (Å²) in [5.74, 6) is 0. The van der Waals surface area contributed by atoms with Crippen molar-refractivity contribution < 1.29 is 14.3 Å². The zero-order chi connectivity index (χ0) is 16.2. The first kappa shape index (κ1) is 21.1. The molecule has 1 aliphatic heterocycles. The van der Waals surface area contributed by atoms with Crippen molar-refractivity contribution >= 4 is 6.09 Å². The summed E-state index contributed by atoms with van der Waals surface area (Å²) in [6.07, 6.45) is 10.8. The van der Waals surface area contributed by atoms with Crippen LogP contribution in [0.25, 0.3) is 0 Å². The van der Waals surface area contributed by atoms with Crippen molar-refractivity contribution in [1.29, 1.82) is 0 Å². The van der Waals surface area contributed by atoms with Crippen LogP contribution in [0.15, 0.2) is 0 Å². The van der Waals surface area contributed by atoms with Crippen molar-refractivity contribution in [3.63, 3.8) is 0 Å². The molecule has 0 radical (unpaired) electrons. The fourth-order valence-electron chi connectivity index (χ4n) is 1.95. The summed E-state index contributed by atoms with van der Waals surface area (Å²) >= 11 is 0. The van der Waals surface area contributed by atoms with Gasteiger partial charge in [-0.3, -0.25) is 0 Å². The normalized spacial score (nSPS) is 17.4. The maximum Gasteiger partial charge on any atom is 0.410 e. The number of rotatable bonds is 3. The third-order valence-electron chi connectivity index (χ3n) is 2.66. The van der Waals surface area contributed by atoms with Crippen LogP contribution in [-0.4, -0.2) is 42.9 Å². The van der Waals surface area contributed by atoms with E-state index < -0.39 is 5.60 Å². The Morgan fingerprint density at radius 3 is 2.30 bits per heavy atom. The van der Waals surface area contributed by atoms with Gasteiger partial charge in [0, 0.05) is 26.3 Å². The highest BCUT2D eigenvalue weighted by Crippen LogP contribution is 2.22. The SMILES string of the molecule is C#C.CC.COCC[C@@H]1CCCN1C(=O)OC(C)(C)C. The molecule has 0 bridgehead atoms. The number of terminal acetylenes is 1. The zero-order valence-corrected chi connectivity index (χ0v) is 13.9. The monoisotopic (exact) mass is 285 g/mol. The number of hydrogen-bond donors (Lipinski definition) is 0. The number of methoxy groups -OCH3 is 1. The predicted molar refractivity (Wildman–Crippen MR) is 83.7 cm³/mol. The van der Waals surface area contributed by atoms with Crippen molar-refractivity contribution in [2.45, 2.75) is 65.5 Å². The van der Waals surface area contributed by atoms with E-state index >= 15 is 0 Å². The molecule has 1 fully saturated rings. The van der Waals surface area contributed by atoms with E-state index in [1.165, 1.54) is 0 Å². The number of likely N-dealkylation sites (tertiary alicyclic amines) is 1. The molecule has 0 unspecified atom stereocenters. The molecule has 1 atom stereocenters. The Morgan fingerprint density at radius 2 is 1.85 bits per heavy atom. The summed E-state index contributed by atoms with van der Waals surface area (Å²) in [6.45, 7) is 11.2. The molecule has 0 aromatic rings. The smallest absolute Gasteiger partial charge is 0.410 e. The molecule has 1 amide bonds. The van der Waals surface area contributed by atoms with Gasteiger partial charge in [-0.25, -0.2) is 4.79 Å². The highest BCUT2D eigenvalue weighted by Gasteiger charge is 2.31. The first-order valence-electron chi connectivity index (χ1n) is 7.26. The molecule has 0 spiro atoms. The van der Waals surface area contributed by atoms with Crippen LogP contribution < -0.4 is 0 Å². The Bertz CT molecular complexity index is 269. The van der Waals surface area contributed by atoms with E-state index in [4.69, 9.17) is 9.47 Å². The van der Waals surface area contributed by atoms with Crippen molar-refractivity contribution in [3.05, 3.63) is 0 Å². The van der Waals surface area contributed by atoms with Crippen LogP contribution in [-0.2, 0) is 9.47 Å². The minimum Gasteiger partial charge on any atom is -0.444 e. The lowest BCUT2D eigenvalue weighted by atomic mass is 10.1. The quantitative estimate of drug-likeness (QED) is 0.742. The van der Waals surface area contributed by atoms with Crippen molar-refractivity contribution in [1.82, 2.24) is 4.90 Å². The van der Waals surface area contributed by atoms with E-state index in [0.717, 1.165) is 25.8 Å². The predicted octanol–water partition coefficient (Wildman–Crippen LogP) is 3.70. The summed E-state index contributed by atoms with van der Waals surface area (Å²) in [5, 5.41) is 0. The number of nitrogens with zero attached hydrogens (tertiary/aromatic N) is 1. The fourth-order valence-corrected chi connectivity index (χ4v) is 1.95. The second-order valence-corrected chi connectivity index (χ2v) is 5.25. The third-order valence-corrected chi connectivity index (χ3v) is 2.66. The molecule has 118 valence electrons. The molecular weight excluding hydrogens is 254 g/mol. The highest BCUT2D eigenvalue weighted by atomic mass is 16.6. The van der Waals surface area contributed by atoms with Gasteiger partial charge in [-0.15, -0.1) is 12.8 Å². The maximum atomic E-state index is 11.9. The number of carbonyl (C=O) groups is 1. The lowest BCUT2D eigenvalue weighted by Crippen LogP contribution is -2.40. The fraction of sp³-hybridized carbons (Fsp3) is 0.812.